The molecule has 0 unspecified atom stereocenters. The second kappa shape index (κ2) is 4.34. The Kier molecular flexibility index (Phi) is 3.38. The van der Waals surface area contributed by atoms with Crippen molar-refractivity contribution in [2.75, 3.05) is 0 Å². The van der Waals surface area contributed by atoms with Crippen molar-refractivity contribution in [3.8, 4) is 0 Å². The van der Waals surface area contributed by atoms with Crippen molar-refractivity contribution in [3.05, 3.63) is 0 Å². The summed E-state index contributed by atoms with van der Waals surface area (Å²) in [4.78, 5) is 0. The SMILES string of the molecule is CCC1(CC)OB(C2CC2)OC1(CC)CC. The van der Waals surface area contributed by atoms with Gasteiger partial charge in [0.25, 0.3) is 0 Å². The minimum atomic E-state index is -0.0379. The van der Waals surface area contributed by atoms with E-state index in [2.05, 4.69) is 27.7 Å². The molecule has 0 aromatic heterocycles. The van der Waals surface area contributed by atoms with Crippen LogP contribution in [-0.4, -0.2) is 18.3 Å². The van der Waals surface area contributed by atoms with Crippen LogP contribution >= 0.6 is 0 Å². The van der Waals surface area contributed by atoms with Gasteiger partial charge in [0.2, 0.25) is 0 Å². The number of rotatable bonds is 5. The van der Waals surface area contributed by atoms with Crippen LogP contribution in [0.3, 0.4) is 0 Å². The van der Waals surface area contributed by atoms with E-state index in [0.29, 0.717) is 5.82 Å². The molecular formula is C13H25BO2. The lowest BCUT2D eigenvalue weighted by atomic mass is 9.75. The monoisotopic (exact) mass is 224 g/mol. The lowest BCUT2D eigenvalue weighted by Gasteiger charge is -2.42. The average molecular weight is 224 g/mol. The Labute approximate surface area is 100 Å². The Hall–Kier alpha value is -0.0151. The van der Waals surface area contributed by atoms with Crippen LogP contribution in [0.25, 0.3) is 0 Å². The zero-order valence-corrected chi connectivity index (χ0v) is 11.2. The molecule has 3 heteroatoms. The van der Waals surface area contributed by atoms with Gasteiger partial charge in [-0.1, -0.05) is 40.5 Å². The molecule has 1 aliphatic carbocycles. The van der Waals surface area contributed by atoms with Gasteiger partial charge in [-0.25, -0.2) is 0 Å². The van der Waals surface area contributed by atoms with Crippen LogP contribution in [-0.2, 0) is 9.31 Å². The fourth-order valence-electron chi connectivity index (χ4n) is 3.37. The van der Waals surface area contributed by atoms with Crippen LogP contribution in [0.2, 0.25) is 5.82 Å². The maximum atomic E-state index is 6.35. The molecule has 1 saturated carbocycles. The van der Waals surface area contributed by atoms with Crippen LogP contribution in [0, 0.1) is 0 Å². The quantitative estimate of drug-likeness (QED) is 0.661. The first-order chi connectivity index (χ1) is 7.67. The number of hydrogen-bond acceptors (Lipinski definition) is 2. The minimum absolute atomic E-state index is 0.0379. The highest BCUT2D eigenvalue weighted by molar-refractivity contribution is 6.48. The first kappa shape index (κ1) is 12.4. The van der Waals surface area contributed by atoms with E-state index in [1.54, 1.807) is 0 Å². The Morgan fingerprint density at radius 3 is 1.50 bits per heavy atom. The number of hydrogen-bond donors (Lipinski definition) is 0. The molecule has 2 fully saturated rings. The van der Waals surface area contributed by atoms with Crippen molar-refractivity contribution in [1.29, 1.82) is 0 Å². The second-order valence-electron chi connectivity index (χ2n) is 5.34. The first-order valence-corrected chi connectivity index (χ1v) is 7.02. The molecule has 0 aromatic carbocycles. The highest BCUT2D eigenvalue weighted by Crippen LogP contribution is 2.53. The van der Waals surface area contributed by atoms with Crippen molar-refractivity contribution in [2.45, 2.75) is 83.2 Å². The van der Waals surface area contributed by atoms with E-state index in [9.17, 15) is 0 Å². The smallest absolute Gasteiger partial charge is 0.402 e. The average Bonchev–Trinajstić information content (AvgIpc) is 3.11. The topological polar surface area (TPSA) is 18.5 Å². The lowest BCUT2D eigenvalue weighted by Crippen LogP contribution is -2.50. The van der Waals surface area contributed by atoms with E-state index in [1.807, 2.05) is 0 Å². The Bertz CT molecular complexity index is 222. The van der Waals surface area contributed by atoms with E-state index in [1.165, 1.54) is 12.8 Å². The van der Waals surface area contributed by atoms with Crippen molar-refractivity contribution in [2.24, 2.45) is 0 Å². The molecule has 1 saturated heterocycles. The van der Waals surface area contributed by atoms with Gasteiger partial charge in [0.15, 0.2) is 0 Å². The molecular weight excluding hydrogens is 199 g/mol. The molecule has 0 spiro atoms. The predicted molar refractivity (Wildman–Crippen MR) is 67.5 cm³/mol. The third-order valence-electron chi connectivity index (χ3n) is 4.81. The molecule has 0 atom stereocenters. The summed E-state index contributed by atoms with van der Waals surface area (Å²) in [6, 6.07) is 0. The summed E-state index contributed by atoms with van der Waals surface area (Å²) in [6.07, 6.45) is 6.83. The normalized spacial score (nSPS) is 27.4. The summed E-state index contributed by atoms with van der Waals surface area (Å²) < 4.78 is 12.7. The van der Waals surface area contributed by atoms with Gasteiger partial charge in [-0.3, -0.25) is 0 Å². The van der Waals surface area contributed by atoms with Gasteiger partial charge in [0, 0.05) is 0 Å². The maximum absolute atomic E-state index is 6.35. The summed E-state index contributed by atoms with van der Waals surface area (Å²) in [6.45, 7) is 8.95. The van der Waals surface area contributed by atoms with E-state index >= 15 is 0 Å². The summed E-state index contributed by atoms with van der Waals surface area (Å²) in [5, 5.41) is 0. The van der Waals surface area contributed by atoms with Gasteiger partial charge in [-0.2, -0.15) is 0 Å². The van der Waals surface area contributed by atoms with Crippen molar-refractivity contribution in [1.82, 2.24) is 0 Å². The highest BCUT2D eigenvalue weighted by atomic mass is 16.7. The molecule has 0 bridgehead atoms. The Balaban J connectivity index is 2.24. The fraction of sp³-hybridized carbons (Fsp3) is 1.00. The first-order valence-electron chi connectivity index (χ1n) is 7.02. The third-order valence-corrected chi connectivity index (χ3v) is 4.81. The van der Waals surface area contributed by atoms with Crippen molar-refractivity contribution < 1.29 is 9.31 Å². The summed E-state index contributed by atoms with van der Waals surface area (Å²) in [5.41, 5.74) is -0.0759. The van der Waals surface area contributed by atoms with Gasteiger partial charge in [-0.05, 0) is 31.5 Å². The van der Waals surface area contributed by atoms with Crippen LogP contribution in [0.5, 0.6) is 0 Å². The molecule has 0 N–H and O–H groups in total. The molecule has 1 heterocycles. The maximum Gasteiger partial charge on any atom is 0.461 e. The fourth-order valence-corrected chi connectivity index (χ4v) is 3.37. The molecule has 0 radical (unpaired) electrons. The van der Waals surface area contributed by atoms with Crippen LogP contribution in [0.15, 0.2) is 0 Å². The minimum Gasteiger partial charge on any atom is -0.402 e. The zero-order valence-electron chi connectivity index (χ0n) is 11.2. The van der Waals surface area contributed by atoms with Gasteiger partial charge < -0.3 is 9.31 Å². The largest absolute Gasteiger partial charge is 0.461 e. The molecule has 2 rings (SSSR count). The van der Waals surface area contributed by atoms with E-state index in [-0.39, 0.29) is 18.3 Å². The molecule has 0 amide bonds. The standard InChI is InChI=1S/C13H25BO2/c1-5-12(6-2)13(7-3,8-4)16-14(15-12)11-9-10-11/h11H,5-10H2,1-4H3. The molecule has 2 aliphatic rings. The van der Waals surface area contributed by atoms with Crippen LogP contribution in [0.4, 0.5) is 0 Å². The molecule has 2 nitrogen and oxygen atoms in total. The molecule has 1 aliphatic heterocycles. The Morgan fingerprint density at radius 1 is 0.875 bits per heavy atom. The van der Waals surface area contributed by atoms with Crippen LogP contribution in [0.1, 0.15) is 66.2 Å². The summed E-state index contributed by atoms with van der Waals surface area (Å²) in [7, 11) is 0.0831. The second-order valence-corrected chi connectivity index (χ2v) is 5.34. The predicted octanol–water partition coefficient (Wildman–Crippen LogP) is 3.80. The van der Waals surface area contributed by atoms with Crippen molar-refractivity contribution in [3.63, 3.8) is 0 Å². The third kappa shape index (κ3) is 1.63. The van der Waals surface area contributed by atoms with Gasteiger partial charge in [0.1, 0.15) is 0 Å². The highest BCUT2D eigenvalue weighted by Gasteiger charge is 2.61. The summed E-state index contributed by atoms with van der Waals surface area (Å²) >= 11 is 0. The lowest BCUT2D eigenvalue weighted by molar-refractivity contribution is -0.0601. The van der Waals surface area contributed by atoms with Crippen molar-refractivity contribution >= 4 is 7.12 Å². The van der Waals surface area contributed by atoms with Gasteiger partial charge in [-0.15, -0.1) is 0 Å². The van der Waals surface area contributed by atoms with Gasteiger partial charge in [0.05, 0.1) is 11.2 Å². The van der Waals surface area contributed by atoms with E-state index in [4.69, 9.17) is 9.31 Å². The Morgan fingerprint density at radius 2 is 1.25 bits per heavy atom. The van der Waals surface area contributed by atoms with E-state index < -0.39 is 0 Å². The van der Waals surface area contributed by atoms with Crippen LogP contribution < -0.4 is 0 Å². The van der Waals surface area contributed by atoms with E-state index in [0.717, 1.165) is 25.7 Å². The molecule has 16 heavy (non-hydrogen) atoms. The van der Waals surface area contributed by atoms with Gasteiger partial charge >= 0.3 is 7.12 Å². The summed E-state index contributed by atoms with van der Waals surface area (Å²) in [5.74, 6) is 0.678. The molecule has 0 aromatic rings. The molecule has 92 valence electrons. The zero-order chi connectivity index (χ0) is 11.8.